The quantitative estimate of drug-likeness (QED) is 0.330. The third kappa shape index (κ3) is 6.09. The summed E-state index contributed by atoms with van der Waals surface area (Å²) in [4.78, 5) is 34.0. The lowest BCUT2D eigenvalue weighted by Gasteiger charge is -2.07. The van der Waals surface area contributed by atoms with Crippen molar-refractivity contribution < 1.29 is 19.2 Å². The molecule has 0 unspecified atom stereocenters. The first-order chi connectivity index (χ1) is 12.8. The highest BCUT2D eigenvalue weighted by Gasteiger charge is 2.16. The van der Waals surface area contributed by atoms with E-state index in [2.05, 4.69) is 5.32 Å². The summed E-state index contributed by atoms with van der Waals surface area (Å²) in [5.74, 6) is -1.47. The summed E-state index contributed by atoms with van der Waals surface area (Å²) in [6, 6.07) is 9.12. The Labute approximate surface area is 164 Å². The highest BCUT2D eigenvalue weighted by Crippen LogP contribution is 2.25. The van der Waals surface area contributed by atoms with Gasteiger partial charge in [-0.15, -0.1) is 0 Å². The van der Waals surface area contributed by atoms with E-state index in [1.165, 1.54) is 24.3 Å². The van der Waals surface area contributed by atoms with Crippen molar-refractivity contribution in [1.29, 1.82) is 0 Å². The Morgan fingerprint density at radius 1 is 1.22 bits per heavy atom. The van der Waals surface area contributed by atoms with Crippen LogP contribution in [0.2, 0.25) is 10.0 Å². The Morgan fingerprint density at radius 3 is 2.63 bits per heavy atom. The van der Waals surface area contributed by atoms with Crippen molar-refractivity contribution in [3.05, 3.63) is 73.8 Å². The number of nitro benzene ring substituents is 1. The molecule has 0 aliphatic rings. The number of halogens is 2. The first kappa shape index (κ1) is 20.4. The molecule has 0 spiro atoms. The number of nitro groups is 1. The molecule has 0 saturated carbocycles. The van der Waals surface area contributed by atoms with Crippen LogP contribution in [-0.4, -0.2) is 23.4 Å². The van der Waals surface area contributed by atoms with Gasteiger partial charge in [0.2, 0.25) is 0 Å². The predicted octanol–water partition coefficient (Wildman–Crippen LogP) is 4.41. The van der Waals surface area contributed by atoms with Crippen LogP contribution in [0.25, 0.3) is 6.08 Å². The summed E-state index contributed by atoms with van der Waals surface area (Å²) < 4.78 is 4.81. The second-order valence-electron chi connectivity index (χ2n) is 5.43. The molecule has 0 aliphatic heterocycles. The van der Waals surface area contributed by atoms with Crippen molar-refractivity contribution in [2.75, 3.05) is 11.9 Å². The minimum absolute atomic E-state index is 0.0233. The molecule has 2 rings (SSSR count). The van der Waals surface area contributed by atoms with Gasteiger partial charge in [0.25, 0.3) is 11.6 Å². The van der Waals surface area contributed by atoms with E-state index in [1.807, 2.05) is 0 Å². The Kier molecular flexibility index (Phi) is 6.92. The number of carbonyl (C=O) groups is 2. The molecule has 0 atom stereocenters. The minimum atomic E-state index is -0.769. The van der Waals surface area contributed by atoms with Crippen molar-refractivity contribution in [1.82, 2.24) is 0 Å². The van der Waals surface area contributed by atoms with Crippen LogP contribution in [0.5, 0.6) is 0 Å². The Bertz CT molecular complexity index is 928. The average Bonchev–Trinajstić information content (AvgIpc) is 2.60. The van der Waals surface area contributed by atoms with Crippen LogP contribution < -0.4 is 5.32 Å². The Balaban J connectivity index is 1.93. The lowest BCUT2D eigenvalue weighted by atomic mass is 10.2. The molecular weight excluding hydrogens is 395 g/mol. The number of aryl methyl sites for hydroxylation is 1. The summed E-state index contributed by atoms with van der Waals surface area (Å²) in [6.07, 6.45) is 2.53. The third-order valence-corrected chi connectivity index (χ3v) is 3.89. The summed E-state index contributed by atoms with van der Waals surface area (Å²) in [5, 5.41) is 14.2. The number of nitrogens with zero attached hydrogens (tertiary/aromatic N) is 1. The van der Waals surface area contributed by atoms with E-state index in [4.69, 9.17) is 27.9 Å². The van der Waals surface area contributed by atoms with Gasteiger partial charge in [0, 0.05) is 22.2 Å². The normalized spacial score (nSPS) is 10.6. The smallest absolute Gasteiger partial charge is 0.331 e. The second kappa shape index (κ2) is 9.16. The SMILES string of the molecule is Cc1ccc(NC(=O)COC(=O)/C=C/c2ccc(Cl)cc2Cl)c([N+](=O)[O-])c1. The third-order valence-electron chi connectivity index (χ3n) is 3.33. The van der Waals surface area contributed by atoms with Gasteiger partial charge >= 0.3 is 5.97 Å². The predicted molar refractivity (Wildman–Crippen MR) is 103 cm³/mol. The maximum atomic E-state index is 11.9. The van der Waals surface area contributed by atoms with Gasteiger partial charge in [-0.2, -0.15) is 0 Å². The van der Waals surface area contributed by atoms with Crippen LogP contribution in [0.3, 0.4) is 0 Å². The number of esters is 1. The molecular formula is C18H14Cl2N2O5. The molecule has 0 aromatic heterocycles. The minimum Gasteiger partial charge on any atom is -0.452 e. The summed E-state index contributed by atoms with van der Waals surface area (Å²) >= 11 is 11.8. The summed E-state index contributed by atoms with van der Waals surface area (Å²) in [5.41, 5.74) is 1.01. The Morgan fingerprint density at radius 2 is 1.96 bits per heavy atom. The topological polar surface area (TPSA) is 98.5 Å². The van der Waals surface area contributed by atoms with Gasteiger partial charge in [-0.3, -0.25) is 14.9 Å². The number of anilines is 1. The highest BCUT2D eigenvalue weighted by molar-refractivity contribution is 6.35. The van der Waals surface area contributed by atoms with Gasteiger partial charge in [0.1, 0.15) is 5.69 Å². The van der Waals surface area contributed by atoms with Crippen molar-refractivity contribution in [2.24, 2.45) is 0 Å². The number of hydrogen-bond donors (Lipinski definition) is 1. The molecule has 0 fully saturated rings. The fourth-order valence-corrected chi connectivity index (χ4v) is 2.54. The van der Waals surface area contributed by atoms with E-state index in [1.54, 1.807) is 25.1 Å². The van der Waals surface area contributed by atoms with Gasteiger partial charge in [-0.25, -0.2) is 4.79 Å². The maximum Gasteiger partial charge on any atom is 0.331 e. The van der Waals surface area contributed by atoms with Crippen LogP contribution in [0.1, 0.15) is 11.1 Å². The van der Waals surface area contributed by atoms with Gasteiger partial charge < -0.3 is 10.1 Å². The lowest BCUT2D eigenvalue weighted by Crippen LogP contribution is -2.20. The molecule has 0 heterocycles. The first-order valence-corrected chi connectivity index (χ1v) is 8.36. The highest BCUT2D eigenvalue weighted by atomic mass is 35.5. The van der Waals surface area contributed by atoms with E-state index in [0.29, 0.717) is 21.2 Å². The number of rotatable bonds is 6. The summed E-state index contributed by atoms with van der Waals surface area (Å²) in [7, 11) is 0. The molecule has 0 saturated heterocycles. The molecule has 0 bridgehead atoms. The van der Waals surface area contributed by atoms with E-state index < -0.39 is 23.4 Å². The largest absolute Gasteiger partial charge is 0.452 e. The number of hydrogen-bond acceptors (Lipinski definition) is 5. The van der Waals surface area contributed by atoms with Crippen LogP contribution in [0, 0.1) is 17.0 Å². The van der Waals surface area contributed by atoms with Crippen molar-refractivity contribution in [3.63, 3.8) is 0 Å². The lowest BCUT2D eigenvalue weighted by molar-refractivity contribution is -0.384. The number of carbonyl (C=O) groups excluding carboxylic acids is 2. The zero-order chi connectivity index (χ0) is 20.0. The monoisotopic (exact) mass is 408 g/mol. The maximum absolute atomic E-state index is 11.9. The van der Waals surface area contributed by atoms with E-state index in [-0.39, 0.29) is 11.4 Å². The van der Waals surface area contributed by atoms with E-state index in [0.717, 1.165) is 6.08 Å². The van der Waals surface area contributed by atoms with Crippen molar-refractivity contribution >= 4 is 52.5 Å². The summed E-state index contributed by atoms with van der Waals surface area (Å²) in [6.45, 7) is 1.10. The van der Waals surface area contributed by atoms with Crippen LogP contribution in [0.4, 0.5) is 11.4 Å². The van der Waals surface area contributed by atoms with Crippen LogP contribution >= 0.6 is 23.2 Å². The molecule has 9 heteroatoms. The van der Waals surface area contributed by atoms with Crippen molar-refractivity contribution in [3.8, 4) is 0 Å². The molecule has 140 valence electrons. The molecule has 0 aliphatic carbocycles. The molecule has 27 heavy (non-hydrogen) atoms. The zero-order valence-corrected chi connectivity index (χ0v) is 15.6. The van der Waals surface area contributed by atoms with Crippen molar-refractivity contribution in [2.45, 2.75) is 6.92 Å². The van der Waals surface area contributed by atoms with Gasteiger partial charge in [0.15, 0.2) is 6.61 Å². The molecule has 0 radical (unpaired) electrons. The molecule has 2 aromatic carbocycles. The number of ether oxygens (including phenoxy) is 1. The van der Waals surface area contributed by atoms with Gasteiger partial charge in [-0.05, 0) is 42.3 Å². The number of amides is 1. The average molecular weight is 409 g/mol. The Hall–Kier alpha value is -2.90. The molecule has 7 nitrogen and oxygen atoms in total. The van der Waals surface area contributed by atoms with E-state index in [9.17, 15) is 19.7 Å². The fraction of sp³-hybridized carbons (Fsp3) is 0.111. The first-order valence-electron chi connectivity index (χ1n) is 7.61. The van der Waals surface area contributed by atoms with Gasteiger partial charge in [-0.1, -0.05) is 35.3 Å². The van der Waals surface area contributed by atoms with E-state index >= 15 is 0 Å². The number of nitrogens with one attached hydrogen (secondary N) is 1. The molecule has 2 aromatic rings. The standard InChI is InChI=1S/C18H14Cl2N2O5/c1-11-2-6-15(16(8-11)22(25)26)21-17(23)10-27-18(24)7-4-12-3-5-13(19)9-14(12)20/h2-9H,10H2,1H3,(H,21,23)/b7-4+. The molecule has 1 N–H and O–H groups in total. The van der Waals surface area contributed by atoms with Gasteiger partial charge in [0.05, 0.1) is 4.92 Å². The zero-order valence-electron chi connectivity index (χ0n) is 14.1. The van der Waals surface area contributed by atoms with Crippen LogP contribution in [0.15, 0.2) is 42.5 Å². The number of benzene rings is 2. The van der Waals surface area contributed by atoms with Crippen LogP contribution in [-0.2, 0) is 14.3 Å². The molecule has 1 amide bonds. The second-order valence-corrected chi connectivity index (χ2v) is 6.28. The fourth-order valence-electron chi connectivity index (χ4n) is 2.06.